The van der Waals surface area contributed by atoms with Crippen molar-refractivity contribution in [2.75, 3.05) is 26.2 Å². The first-order valence-corrected chi connectivity index (χ1v) is 11.8. The van der Waals surface area contributed by atoms with E-state index in [9.17, 15) is 22.0 Å². The number of carbonyl (C=O) groups is 1. The molecule has 0 spiro atoms. The molecule has 0 saturated carbocycles. The monoisotopic (exact) mass is 463 g/mol. The number of hydrogen-bond donors (Lipinski definition) is 0. The molecule has 1 saturated heterocycles. The Morgan fingerprint density at radius 2 is 1.71 bits per heavy atom. The lowest BCUT2D eigenvalue weighted by atomic mass is 10.2. The third-order valence-electron chi connectivity index (χ3n) is 5.05. The van der Waals surface area contributed by atoms with Crippen molar-refractivity contribution >= 4 is 27.3 Å². The largest absolute Gasteiger partial charge is 0.335 e. The first-order valence-electron chi connectivity index (χ1n) is 9.54. The highest BCUT2D eigenvalue weighted by atomic mass is 32.2. The van der Waals surface area contributed by atoms with Gasteiger partial charge in [-0.1, -0.05) is 30.3 Å². The summed E-state index contributed by atoms with van der Waals surface area (Å²) in [6, 6.07) is 11.9. The second-order valence-corrected chi connectivity index (χ2v) is 9.98. The number of sulfonamides is 1. The van der Waals surface area contributed by atoms with E-state index in [1.165, 1.54) is 11.3 Å². The summed E-state index contributed by atoms with van der Waals surface area (Å²) >= 11 is 1.30. The Kier molecular flexibility index (Phi) is 5.87. The normalized spacial score (nSPS) is 15.3. The predicted octanol–water partition coefficient (Wildman–Crippen LogP) is 3.54. The number of aromatic nitrogens is 1. The fraction of sp³-hybridized carbons (Fsp3) is 0.238. The number of aryl methyl sites for hydroxylation is 1. The number of piperazine rings is 1. The third kappa shape index (κ3) is 4.23. The lowest BCUT2D eigenvalue weighted by Gasteiger charge is -2.33. The molecule has 0 atom stereocenters. The van der Waals surface area contributed by atoms with Gasteiger partial charge in [-0.3, -0.25) is 4.79 Å². The fourth-order valence-corrected chi connectivity index (χ4v) is 5.90. The maximum atomic E-state index is 14.0. The number of rotatable bonds is 4. The molecule has 1 fully saturated rings. The van der Waals surface area contributed by atoms with Crippen LogP contribution in [0.2, 0.25) is 0 Å². The minimum Gasteiger partial charge on any atom is -0.335 e. The highest BCUT2D eigenvalue weighted by Crippen LogP contribution is 2.29. The summed E-state index contributed by atoms with van der Waals surface area (Å²) in [6.45, 7) is 2.15. The Morgan fingerprint density at radius 1 is 1.03 bits per heavy atom. The number of nitrogens with zero attached hydrogens (tertiary/aromatic N) is 3. The number of hydrogen-bond acceptors (Lipinski definition) is 5. The SMILES string of the molecule is Cc1nc(-c2ccccc2)sc1C(=O)N1CCN(S(=O)(=O)c2ccc(F)cc2F)CC1. The molecular weight excluding hydrogens is 444 g/mol. The molecule has 2 heterocycles. The minimum absolute atomic E-state index is 0.0221. The molecule has 10 heteroatoms. The predicted molar refractivity (Wildman–Crippen MR) is 113 cm³/mol. The smallest absolute Gasteiger partial charge is 0.265 e. The molecule has 31 heavy (non-hydrogen) atoms. The van der Waals surface area contributed by atoms with Gasteiger partial charge in [0.1, 0.15) is 26.4 Å². The highest BCUT2D eigenvalue weighted by Gasteiger charge is 2.33. The molecule has 162 valence electrons. The van der Waals surface area contributed by atoms with Gasteiger partial charge in [0.2, 0.25) is 10.0 Å². The molecule has 1 aliphatic heterocycles. The Labute approximate surface area is 182 Å². The molecule has 2 aromatic carbocycles. The summed E-state index contributed by atoms with van der Waals surface area (Å²) in [5.41, 5.74) is 1.55. The molecule has 1 aliphatic rings. The Hall–Kier alpha value is -2.69. The Morgan fingerprint density at radius 3 is 2.35 bits per heavy atom. The molecular formula is C21H19F2N3O3S2. The quantitative estimate of drug-likeness (QED) is 0.594. The van der Waals surface area contributed by atoms with Crippen molar-refractivity contribution in [3.8, 4) is 10.6 Å². The van der Waals surface area contributed by atoms with Crippen LogP contribution in [0.4, 0.5) is 8.78 Å². The summed E-state index contributed by atoms with van der Waals surface area (Å²) in [5, 5.41) is 0.745. The van der Waals surface area contributed by atoms with Crippen molar-refractivity contribution in [3.63, 3.8) is 0 Å². The topological polar surface area (TPSA) is 70.6 Å². The maximum absolute atomic E-state index is 14.0. The zero-order valence-electron chi connectivity index (χ0n) is 16.6. The lowest BCUT2D eigenvalue weighted by molar-refractivity contribution is 0.0701. The first-order chi connectivity index (χ1) is 14.8. The van der Waals surface area contributed by atoms with Crippen LogP contribution in [0.1, 0.15) is 15.4 Å². The number of carbonyl (C=O) groups excluding carboxylic acids is 1. The van der Waals surface area contributed by atoms with Crippen molar-refractivity contribution in [2.45, 2.75) is 11.8 Å². The van der Waals surface area contributed by atoms with E-state index >= 15 is 0 Å². The summed E-state index contributed by atoms with van der Waals surface area (Å²) in [6.07, 6.45) is 0. The molecule has 0 aliphatic carbocycles. The van der Waals surface area contributed by atoms with Crippen LogP contribution in [0.5, 0.6) is 0 Å². The molecule has 0 unspecified atom stereocenters. The van der Waals surface area contributed by atoms with E-state index in [2.05, 4.69) is 4.98 Å². The van der Waals surface area contributed by atoms with Crippen molar-refractivity contribution in [1.29, 1.82) is 0 Å². The van der Waals surface area contributed by atoms with E-state index in [4.69, 9.17) is 0 Å². The number of thiazole rings is 1. The van der Waals surface area contributed by atoms with Gasteiger partial charge in [0.15, 0.2) is 0 Å². The Bertz CT molecular complexity index is 1220. The van der Waals surface area contributed by atoms with Crippen LogP contribution in [0, 0.1) is 18.6 Å². The zero-order chi connectivity index (χ0) is 22.2. The van der Waals surface area contributed by atoms with Crippen molar-refractivity contribution < 1.29 is 22.0 Å². The van der Waals surface area contributed by atoms with Gasteiger partial charge in [-0.25, -0.2) is 22.2 Å². The van der Waals surface area contributed by atoms with Gasteiger partial charge in [0.25, 0.3) is 5.91 Å². The van der Waals surface area contributed by atoms with Crippen molar-refractivity contribution in [3.05, 3.63) is 70.7 Å². The minimum atomic E-state index is -4.12. The third-order valence-corrected chi connectivity index (χ3v) is 8.18. The maximum Gasteiger partial charge on any atom is 0.265 e. The molecule has 0 bridgehead atoms. The molecule has 1 aromatic heterocycles. The molecule has 4 rings (SSSR count). The molecule has 0 radical (unpaired) electrons. The highest BCUT2D eigenvalue weighted by molar-refractivity contribution is 7.89. The van der Waals surface area contributed by atoms with Gasteiger partial charge in [-0.05, 0) is 19.1 Å². The van der Waals surface area contributed by atoms with E-state index < -0.39 is 26.6 Å². The lowest BCUT2D eigenvalue weighted by Crippen LogP contribution is -2.50. The average Bonchev–Trinajstić information content (AvgIpc) is 3.15. The second kappa shape index (κ2) is 8.45. The van der Waals surface area contributed by atoms with Crippen LogP contribution in [0.25, 0.3) is 10.6 Å². The molecule has 0 N–H and O–H groups in total. The number of benzene rings is 2. The van der Waals surface area contributed by atoms with Gasteiger partial charge >= 0.3 is 0 Å². The first kappa shape index (κ1) is 21.5. The van der Waals surface area contributed by atoms with Crippen LogP contribution >= 0.6 is 11.3 Å². The van der Waals surface area contributed by atoms with E-state index in [1.807, 2.05) is 30.3 Å². The van der Waals surface area contributed by atoms with Crippen molar-refractivity contribution in [2.24, 2.45) is 0 Å². The average molecular weight is 464 g/mol. The zero-order valence-corrected chi connectivity index (χ0v) is 18.2. The van der Waals surface area contributed by atoms with Gasteiger partial charge in [-0.2, -0.15) is 4.31 Å². The molecule has 3 aromatic rings. The van der Waals surface area contributed by atoms with E-state index in [0.717, 1.165) is 27.0 Å². The summed E-state index contributed by atoms with van der Waals surface area (Å²) in [7, 11) is -4.12. The summed E-state index contributed by atoms with van der Waals surface area (Å²) < 4.78 is 53.7. The standard InChI is InChI=1S/C21H19F2N3O3S2/c1-14-19(30-20(24-14)15-5-3-2-4-6-15)21(27)25-9-11-26(12-10-25)31(28,29)18-8-7-16(22)13-17(18)23/h2-8,13H,9-12H2,1H3. The van der Waals surface area contributed by atoms with Crippen LogP contribution in [0.3, 0.4) is 0 Å². The van der Waals surface area contributed by atoms with Crippen molar-refractivity contribution in [1.82, 2.24) is 14.2 Å². The van der Waals surface area contributed by atoms with Gasteiger partial charge in [0, 0.05) is 37.8 Å². The van der Waals surface area contributed by atoms with Crippen LogP contribution in [0.15, 0.2) is 53.4 Å². The van der Waals surface area contributed by atoms with Gasteiger partial charge < -0.3 is 4.90 Å². The molecule has 1 amide bonds. The van der Waals surface area contributed by atoms with Crippen LogP contribution in [-0.2, 0) is 10.0 Å². The fourth-order valence-electron chi connectivity index (χ4n) is 3.40. The number of amides is 1. The van der Waals surface area contributed by atoms with Gasteiger partial charge in [-0.15, -0.1) is 11.3 Å². The van der Waals surface area contributed by atoms with E-state index in [1.54, 1.807) is 11.8 Å². The van der Waals surface area contributed by atoms with Crippen LogP contribution < -0.4 is 0 Å². The molecule has 6 nitrogen and oxygen atoms in total. The summed E-state index contributed by atoms with van der Waals surface area (Å²) in [5.74, 6) is -2.18. The second-order valence-electron chi connectivity index (χ2n) is 7.07. The van der Waals surface area contributed by atoms with Crippen LogP contribution in [-0.4, -0.2) is 54.7 Å². The van der Waals surface area contributed by atoms with E-state index in [0.29, 0.717) is 16.6 Å². The summed E-state index contributed by atoms with van der Waals surface area (Å²) in [4.78, 5) is 19.0. The Balaban J connectivity index is 1.48. The van der Waals surface area contributed by atoms with E-state index in [-0.39, 0.29) is 32.1 Å². The van der Waals surface area contributed by atoms with Gasteiger partial charge in [0.05, 0.1) is 5.69 Å². The number of halogens is 2.